The second kappa shape index (κ2) is 5.95. The van der Waals surface area contributed by atoms with Gasteiger partial charge in [-0.15, -0.1) is 0 Å². The molecule has 1 saturated heterocycles. The molecule has 0 saturated carbocycles. The van der Waals surface area contributed by atoms with Gasteiger partial charge in [-0.2, -0.15) is 0 Å². The summed E-state index contributed by atoms with van der Waals surface area (Å²) in [6, 6.07) is 7.63. The number of benzene rings is 2. The Morgan fingerprint density at radius 2 is 1.83 bits per heavy atom. The van der Waals surface area contributed by atoms with Crippen LogP contribution in [-0.2, 0) is 0 Å². The largest absolute Gasteiger partial charge is 0.496 e. The number of amides is 1. The fourth-order valence-corrected chi connectivity index (χ4v) is 2.71. The molecule has 1 aliphatic heterocycles. The van der Waals surface area contributed by atoms with Crippen LogP contribution >= 0.6 is 0 Å². The molecule has 2 aromatic rings. The molecule has 3 nitrogen and oxygen atoms in total. The molecule has 0 aliphatic carbocycles. The van der Waals surface area contributed by atoms with Gasteiger partial charge < -0.3 is 9.64 Å². The Labute approximate surface area is 131 Å². The highest BCUT2D eigenvalue weighted by Gasteiger charge is 2.36. The standard InChI is InChI=1S/C17H14F3NO2/c1-23-14-7-6-12(19)16(20)15(14)17(22)21-9-8-13(21)10-2-4-11(18)5-3-10/h2-7,13H,8-9H2,1H3/t13-/m0/s1. The van der Waals surface area contributed by atoms with E-state index in [0.29, 0.717) is 13.0 Å². The first kappa shape index (κ1) is 15.4. The first-order valence-corrected chi connectivity index (χ1v) is 7.11. The van der Waals surface area contributed by atoms with Gasteiger partial charge in [-0.1, -0.05) is 12.1 Å². The van der Waals surface area contributed by atoms with E-state index < -0.39 is 23.1 Å². The maximum Gasteiger partial charge on any atom is 0.261 e. The first-order chi connectivity index (χ1) is 11.0. The number of methoxy groups -OCH3 is 1. The summed E-state index contributed by atoms with van der Waals surface area (Å²) in [6.07, 6.45) is 0.677. The predicted molar refractivity (Wildman–Crippen MR) is 77.7 cm³/mol. The molecule has 0 unspecified atom stereocenters. The SMILES string of the molecule is COc1ccc(F)c(F)c1C(=O)N1CC[C@H]1c1ccc(F)cc1. The van der Waals surface area contributed by atoms with Crippen LogP contribution in [0.5, 0.6) is 5.75 Å². The zero-order chi connectivity index (χ0) is 16.6. The molecule has 3 rings (SSSR count). The highest BCUT2D eigenvalue weighted by atomic mass is 19.2. The summed E-state index contributed by atoms with van der Waals surface area (Å²) in [5.41, 5.74) is 0.334. The van der Waals surface area contributed by atoms with E-state index in [4.69, 9.17) is 4.74 Å². The van der Waals surface area contributed by atoms with E-state index in [2.05, 4.69) is 0 Å². The molecule has 6 heteroatoms. The molecule has 1 amide bonds. The van der Waals surface area contributed by atoms with Gasteiger partial charge in [0, 0.05) is 6.54 Å². The van der Waals surface area contributed by atoms with Crippen LogP contribution in [0.3, 0.4) is 0 Å². The van der Waals surface area contributed by atoms with Gasteiger partial charge in [0.05, 0.1) is 13.2 Å². The minimum Gasteiger partial charge on any atom is -0.496 e. The van der Waals surface area contributed by atoms with Crippen molar-refractivity contribution in [3.8, 4) is 5.75 Å². The van der Waals surface area contributed by atoms with Crippen molar-refractivity contribution in [2.45, 2.75) is 12.5 Å². The number of hydrogen-bond acceptors (Lipinski definition) is 2. The van der Waals surface area contributed by atoms with E-state index in [0.717, 1.165) is 11.6 Å². The van der Waals surface area contributed by atoms with Crippen LogP contribution < -0.4 is 4.74 Å². The number of likely N-dealkylation sites (tertiary alicyclic amines) is 1. The lowest BCUT2D eigenvalue weighted by Gasteiger charge is -2.41. The van der Waals surface area contributed by atoms with Gasteiger partial charge in [-0.05, 0) is 36.2 Å². The fraction of sp³-hybridized carbons (Fsp3) is 0.235. The number of nitrogens with zero attached hydrogens (tertiary/aromatic N) is 1. The molecule has 2 aromatic carbocycles. The minimum atomic E-state index is -1.22. The van der Waals surface area contributed by atoms with Crippen molar-refractivity contribution in [2.75, 3.05) is 13.7 Å². The van der Waals surface area contributed by atoms with Crippen molar-refractivity contribution in [3.05, 3.63) is 65.0 Å². The molecule has 1 fully saturated rings. The Morgan fingerprint density at radius 3 is 2.39 bits per heavy atom. The molecule has 0 N–H and O–H groups in total. The average Bonchev–Trinajstić information content (AvgIpc) is 2.50. The lowest BCUT2D eigenvalue weighted by atomic mass is 9.93. The van der Waals surface area contributed by atoms with E-state index in [1.165, 1.54) is 30.2 Å². The second-order valence-corrected chi connectivity index (χ2v) is 5.29. The van der Waals surface area contributed by atoms with Crippen LogP contribution in [0.25, 0.3) is 0 Å². The monoisotopic (exact) mass is 321 g/mol. The molecule has 1 atom stereocenters. The Kier molecular flexibility index (Phi) is 3.98. The van der Waals surface area contributed by atoms with Gasteiger partial charge in [0.1, 0.15) is 17.1 Å². The Balaban J connectivity index is 1.92. The van der Waals surface area contributed by atoms with E-state index in [1.54, 1.807) is 12.1 Å². The lowest BCUT2D eigenvalue weighted by molar-refractivity contribution is 0.0451. The van der Waals surface area contributed by atoms with Gasteiger partial charge in [0.25, 0.3) is 5.91 Å². The molecule has 23 heavy (non-hydrogen) atoms. The third kappa shape index (κ3) is 2.65. The second-order valence-electron chi connectivity index (χ2n) is 5.29. The summed E-state index contributed by atoms with van der Waals surface area (Å²) >= 11 is 0. The topological polar surface area (TPSA) is 29.5 Å². The number of hydrogen-bond donors (Lipinski definition) is 0. The van der Waals surface area contributed by atoms with Crippen LogP contribution in [0.1, 0.15) is 28.4 Å². The summed E-state index contributed by atoms with van der Waals surface area (Å²) in [5.74, 6) is -3.35. The van der Waals surface area contributed by atoms with Crippen LogP contribution in [0.4, 0.5) is 13.2 Å². The number of carbonyl (C=O) groups excluding carboxylic acids is 1. The van der Waals surface area contributed by atoms with E-state index in [-0.39, 0.29) is 17.6 Å². The predicted octanol–water partition coefficient (Wildman–Crippen LogP) is 3.70. The molecule has 1 aliphatic rings. The van der Waals surface area contributed by atoms with Crippen LogP contribution in [0, 0.1) is 17.5 Å². The van der Waals surface area contributed by atoms with E-state index in [1.807, 2.05) is 0 Å². The number of carbonyl (C=O) groups is 1. The van der Waals surface area contributed by atoms with Crippen molar-refractivity contribution in [2.24, 2.45) is 0 Å². The minimum absolute atomic E-state index is 0.0151. The van der Waals surface area contributed by atoms with Gasteiger partial charge >= 0.3 is 0 Å². The van der Waals surface area contributed by atoms with Crippen molar-refractivity contribution in [1.29, 1.82) is 0 Å². The molecule has 1 heterocycles. The summed E-state index contributed by atoms with van der Waals surface area (Å²) in [4.78, 5) is 14.0. The molecule has 120 valence electrons. The van der Waals surface area contributed by atoms with E-state index in [9.17, 15) is 18.0 Å². The zero-order valence-corrected chi connectivity index (χ0v) is 12.4. The Hall–Kier alpha value is -2.50. The summed E-state index contributed by atoms with van der Waals surface area (Å²) in [5, 5.41) is 0. The fourth-order valence-electron chi connectivity index (χ4n) is 2.71. The molecule has 0 spiro atoms. The van der Waals surface area contributed by atoms with Crippen LogP contribution in [0.15, 0.2) is 36.4 Å². The van der Waals surface area contributed by atoms with Crippen molar-refractivity contribution in [1.82, 2.24) is 4.90 Å². The Morgan fingerprint density at radius 1 is 1.13 bits per heavy atom. The number of halogens is 3. The lowest BCUT2D eigenvalue weighted by Crippen LogP contribution is -2.45. The number of ether oxygens (including phenoxy) is 1. The van der Waals surface area contributed by atoms with Gasteiger partial charge in [-0.3, -0.25) is 4.79 Å². The summed E-state index contributed by atoms with van der Waals surface area (Å²) < 4.78 is 45.5. The molecule has 0 aromatic heterocycles. The smallest absolute Gasteiger partial charge is 0.261 e. The average molecular weight is 321 g/mol. The Bertz CT molecular complexity index is 746. The summed E-state index contributed by atoms with van der Waals surface area (Å²) in [6.45, 7) is 0.417. The van der Waals surface area contributed by atoms with Gasteiger partial charge in [-0.25, -0.2) is 13.2 Å². The highest BCUT2D eigenvalue weighted by Crippen LogP contribution is 2.36. The van der Waals surface area contributed by atoms with Crippen LogP contribution in [0.2, 0.25) is 0 Å². The maximum absolute atomic E-state index is 14.1. The quantitative estimate of drug-likeness (QED) is 0.863. The normalized spacial score (nSPS) is 16.9. The molecular weight excluding hydrogens is 307 g/mol. The van der Waals surface area contributed by atoms with E-state index >= 15 is 0 Å². The summed E-state index contributed by atoms with van der Waals surface area (Å²) in [7, 11) is 1.29. The highest BCUT2D eigenvalue weighted by molar-refractivity contribution is 5.98. The van der Waals surface area contributed by atoms with Crippen molar-refractivity contribution in [3.63, 3.8) is 0 Å². The maximum atomic E-state index is 14.1. The van der Waals surface area contributed by atoms with Crippen molar-refractivity contribution >= 4 is 5.91 Å². The molecule has 0 radical (unpaired) electrons. The number of rotatable bonds is 3. The van der Waals surface area contributed by atoms with Crippen molar-refractivity contribution < 1.29 is 22.7 Å². The third-order valence-electron chi connectivity index (χ3n) is 4.03. The van der Waals surface area contributed by atoms with Gasteiger partial charge in [0.2, 0.25) is 0 Å². The third-order valence-corrected chi connectivity index (χ3v) is 4.03. The first-order valence-electron chi connectivity index (χ1n) is 7.11. The molecule has 0 bridgehead atoms. The molecular formula is C17H14F3NO2. The zero-order valence-electron chi connectivity index (χ0n) is 12.4. The van der Waals surface area contributed by atoms with Gasteiger partial charge in [0.15, 0.2) is 11.6 Å². The van der Waals surface area contributed by atoms with Crippen LogP contribution in [-0.4, -0.2) is 24.5 Å².